The van der Waals surface area contributed by atoms with E-state index < -0.39 is 6.10 Å². The molecule has 160 valence electrons. The topological polar surface area (TPSA) is 96.9 Å². The van der Waals surface area contributed by atoms with Crippen molar-refractivity contribution in [1.29, 1.82) is 0 Å². The second-order valence-electron chi connectivity index (χ2n) is 8.57. The van der Waals surface area contributed by atoms with Crippen LogP contribution in [0.25, 0.3) is 0 Å². The van der Waals surface area contributed by atoms with Gasteiger partial charge in [0.2, 0.25) is 11.8 Å². The fraction of sp³-hybridized carbons (Fsp3) is 0.905. The van der Waals surface area contributed by atoms with Gasteiger partial charge in [-0.3, -0.25) is 9.59 Å². The summed E-state index contributed by atoms with van der Waals surface area (Å²) in [6.07, 6.45) is 8.87. The van der Waals surface area contributed by atoms with Gasteiger partial charge in [0.1, 0.15) is 6.10 Å². The Labute approximate surface area is 167 Å². The van der Waals surface area contributed by atoms with E-state index in [1.807, 2.05) is 0 Å². The normalized spacial score (nSPS) is 30.0. The molecular formula is C21H36N2O5. The van der Waals surface area contributed by atoms with Gasteiger partial charge in [-0.05, 0) is 44.4 Å². The number of aliphatic hydroxyl groups excluding tert-OH is 1. The van der Waals surface area contributed by atoms with Crippen LogP contribution in [0, 0.1) is 11.8 Å². The lowest BCUT2D eigenvalue weighted by Gasteiger charge is -2.37. The maximum absolute atomic E-state index is 12.5. The number of amides is 2. The van der Waals surface area contributed by atoms with Crippen LogP contribution < -0.4 is 10.6 Å². The number of nitrogens with one attached hydrogen (secondary N) is 2. The van der Waals surface area contributed by atoms with Gasteiger partial charge in [0, 0.05) is 25.7 Å². The largest absolute Gasteiger partial charge is 0.394 e. The molecule has 28 heavy (non-hydrogen) atoms. The van der Waals surface area contributed by atoms with E-state index in [2.05, 4.69) is 10.6 Å². The van der Waals surface area contributed by atoms with E-state index in [4.69, 9.17) is 9.47 Å². The van der Waals surface area contributed by atoms with Gasteiger partial charge in [-0.25, -0.2) is 0 Å². The lowest BCUT2D eigenvalue weighted by atomic mass is 9.89. The van der Waals surface area contributed by atoms with E-state index >= 15 is 0 Å². The maximum Gasteiger partial charge on any atom is 0.223 e. The summed E-state index contributed by atoms with van der Waals surface area (Å²) in [6.45, 7) is 1.86. The molecule has 2 aliphatic heterocycles. The van der Waals surface area contributed by atoms with Gasteiger partial charge in [-0.1, -0.05) is 19.3 Å². The van der Waals surface area contributed by atoms with E-state index in [1.165, 1.54) is 32.1 Å². The molecule has 2 amide bonds. The molecule has 3 aliphatic rings. The Kier molecular flexibility index (Phi) is 8.55. The Balaban J connectivity index is 1.39. The summed E-state index contributed by atoms with van der Waals surface area (Å²) in [6, 6.07) is -0.193. The quantitative estimate of drug-likeness (QED) is 0.606. The van der Waals surface area contributed by atoms with Gasteiger partial charge in [0.15, 0.2) is 0 Å². The molecule has 2 saturated heterocycles. The van der Waals surface area contributed by atoms with Crippen molar-refractivity contribution in [2.24, 2.45) is 11.8 Å². The Morgan fingerprint density at radius 1 is 0.964 bits per heavy atom. The lowest BCUT2D eigenvalue weighted by Crippen LogP contribution is -2.53. The number of carbonyl (C=O) groups is 2. The Morgan fingerprint density at radius 3 is 2.43 bits per heavy atom. The van der Waals surface area contributed by atoms with Gasteiger partial charge < -0.3 is 25.2 Å². The van der Waals surface area contributed by atoms with Crippen molar-refractivity contribution in [2.75, 3.05) is 26.4 Å². The summed E-state index contributed by atoms with van der Waals surface area (Å²) in [7, 11) is 0. The van der Waals surface area contributed by atoms with Gasteiger partial charge in [0.25, 0.3) is 0 Å². The van der Waals surface area contributed by atoms with Crippen LogP contribution in [0.15, 0.2) is 0 Å². The van der Waals surface area contributed by atoms with Crippen molar-refractivity contribution >= 4 is 11.8 Å². The Bertz CT molecular complexity index is 503. The zero-order valence-electron chi connectivity index (χ0n) is 16.9. The molecule has 3 rings (SSSR count). The van der Waals surface area contributed by atoms with E-state index in [1.54, 1.807) is 0 Å². The van der Waals surface area contributed by atoms with Crippen LogP contribution in [0.1, 0.15) is 64.2 Å². The van der Waals surface area contributed by atoms with Crippen LogP contribution in [0.5, 0.6) is 0 Å². The molecule has 0 radical (unpaired) electrons. The van der Waals surface area contributed by atoms with Crippen molar-refractivity contribution in [3.63, 3.8) is 0 Å². The molecule has 7 nitrogen and oxygen atoms in total. The molecule has 3 atom stereocenters. The van der Waals surface area contributed by atoms with Crippen molar-refractivity contribution < 1.29 is 24.2 Å². The van der Waals surface area contributed by atoms with E-state index in [9.17, 15) is 14.7 Å². The fourth-order valence-corrected chi connectivity index (χ4v) is 4.64. The molecule has 0 aromatic heterocycles. The van der Waals surface area contributed by atoms with Gasteiger partial charge >= 0.3 is 0 Å². The fourth-order valence-electron chi connectivity index (χ4n) is 4.64. The first-order chi connectivity index (χ1) is 13.7. The first kappa shape index (κ1) is 21.5. The van der Waals surface area contributed by atoms with Crippen molar-refractivity contribution in [1.82, 2.24) is 10.6 Å². The smallest absolute Gasteiger partial charge is 0.223 e. The molecule has 1 aliphatic carbocycles. The highest BCUT2D eigenvalue weighted by Gasteiger charge is 2.34. The number of carbonyl (C=O) groups excluding carboxylic acids is 2. The summed E-state index contributed by atoms with van der Waals surface area (Å²) in [5.74, 6) is 0.646. The molecule has 3 fully saturated rings. The average molecular weight is 397 g/mol. The minimum atomic E-state index is -0.450. The molecule has 0 spiro atoms. The van der Waals surface area contributed by atoms with Crippen molar-refractivity contribution in [2.45, 2.75) is 82.5 Å². The third kappa shape index (κ3) is 6.42. The third-order valence-electron chi connectivity index (χ3n) is 6.44. The molecule has 0 aromatic carbocycles. The Hall–Kier alpha value is -1.18. The zero-order chi connectivity index (χ0) is 19.8. The summed E-state index contributed by atoms with van der Waals surface area (Å²) in [5, 5.41) is 15.8. The molecule has 0 aromatic rings. The molecule has 2 heterocycles. The third-order valence-corrected chi connectivity index (χ3v) is 6.44. The predicted molar refractivity (Wildman–Crippen MR) is 105 cm³/mol. The van der Waals surface area contributed by atoms with Crippen molar-refractivity contribution in [3.8, 4) is 0 Å². The number of rotatable bonds is 7. The molecule has 1 saturated carbocycles. The number of hydrogen-bond acceptors (Lipinski definition) is 5. The highest BCUT2D eigenvalue weighted by Crippen LogP contribution is 2.25. The number of ether oxygens (including phenoxy) is 2. The van der Waals surface area contributed by atoms with Gasteiger partial charge in [0.05, 0.1) is 25.2 Å². The van der Waals surface area contributed by atoms with Crippen LogP contribution in [-0.4, -0.2) is 61.5 Å². The van der Waals surface area contributed by atoms with Crippen LogP contribution in [-0.2, 0) is 19.1 Å². The number of aliphatic hydroxyl groups is 1. The molecular weight excluding hydrogens is 360 g/mol. The lowest BCUT2D eigenvalue weighted by molar-refractivity contribution is -0.139. The summed E-state index contributed by atoms with van der Waals surface area (Å²) < 4.78 is 11.3. The minimum absolute atomic E-state index is 0.0172. The first-order valence-electron chi connectivity index (χ1n) is 11.1. The van der Waals surface area contributed by atoms with Crippen LogP contribution in [0.4, 0.5) is 0 Å². The van der Waals surface area contributed by atoms with E-state index in [-0.39, 0.29) is 36.5 Å². The summed E-state index contributed by atoms with van der Waals surface area (Å²) in [5.41, 5.74) is 0. The highest BCUT2D eigenvalue weighted by molar-refractivity contribution is 5.79. The van der Waals surface area contributed by atoms with E-state index in [0.29, 0.717) is 32.0 Å². The summed E-state index contributed by atoms with van der Waals surface area (Å²) in [4.78, 5) is 24.7. The maximum atomic E-state index is 12.5. The van der Waals surface area contributed by atoms with E-state index in [0.717, 1.165) is 25.8 Å². The first-order valence-corrected chi connectivity index (χ1v) is 11.1. The summed E-state index contributed by atoms with van der Waals surface area (Å²) >= 11 is 0. The standard InChI is InChI=1S/C21H36N2O5/c24-14-19-18(23-21(26)16-8-10-27-11-9-16)7-6-17(28-19)12-20(25)22-13-15-4-2-1-3-5-15/h15-19,24H,1-14H2,(H,22,25)(H,23,26)/t17-,18+,19-/m0/s1. The molecule has 3 N–H and O–H groups in total. The highest BCUT2D eigenvalue weighted by atomic mass is 16.5. The second kappa shape index (κ2) is 11.1. The molecule has 0 bridgehead atoms. The zero-order valence-corrected chi connectivity index (χ0v) is 16.9. The number of hydrogen-bond donors (Lipinski definition) is 3. The minimum Gasteiger partial charge on any atom is -0.394 e. The van der Waals surface area contributed by atoms with Gasteiger partial charge in [-0.15, -0.1) is 0 Å². The average Bonchev–Trinajstić information content (AvgIpc) is 2.74. The second-order valence-corrected chi connectivity index (χ2v) is 8.57. The molecule has 7 heteroatoms. The van der Waals surface area contributed by atoms with Crippen LogP contribution >= 0.6 is 0 Å². The van der Waals surface area contributed by atoms with Crippen LogP contribution in [0.2, 0.25) is 0 Å². The van der Waals surface area contributed by atoms with Gasteiger partial charge in [-0.2, -0.15) is 0 Å². The molecule has 0 unspecified atom stereocenters. The Morgan fingerprint density at radius 2 is 1.71 bits per heavy atom. The SMILES string of the molecule is O=C(C[C@@H]1CC[C@@H](NC(=O)C2CCOCC2)[C@H](CO)O1)NCC1CCCCC1. The van der Waals surface area contributed by atoms with Crippen LogP contribution in [0.3, 0.4) is 0 Å². The van der Waals surface area contributed by atoms with Crippen molar-refractivity contribution in [3.05, 3.63) is 0 Å². The predicted octanol–water partition coefficient (Wildman–Crippen LogP) is 1.52. The monoisotopic (exact) mass is 396 g/mol.